The highest BCUT2D eigenvalue weighted by Gasteiger charge is 2.26. The van der Waals surface area contributed by atoms with E-state index in [0.29, 0.717) is 5.75 Å². The molecule has 0 radical (unpaired) electrons. The van der Waals surface area contributed by atoms with Crippen molar-refractivity contribution >= 4 is 16.8 Å². The van der Waals surface area contributed by atoms with E-state index in [4.69, 9.17) is 4.74 Å². The lowest BCUT2D eigenvalue weighted by molar-refractivity contribution is 0.153. The van der Waals surface area contributed by atoms with Crippen LogP contribution in [0, 0.1) is 0 Å². The first-order valence-electron chi connectivity index (χ1n) is 7.90. The molecule has 0 bridgehead atoms. The molecule has 0 aromatic heterocycles. The molecule has 1 heterocycles. The van der Waals surface area contributed by atoms with Crippen LogP contribution in [0.1, 0.15) is 19.4 Å². The normalized spacial score (nSPS) is 15.1. The number of benzene rings is 3. The van der Waals surface area contributed by atoms with Gasteiger partial charge in [0.15, 0.2) is 11.5 Å². The Hall–Kier alpha value is -2.94. The summed E-state index contributed by atoms with van der Waals surface area (Å²) in [5.41, 5.74) is 2.42. The van der Waals surface area contributed by atoms with E-state index in [1.165, 1.54) is 0 Å². The molecule has 0 spiro atoms. The highest BCUT2D eigenvalue weighted by atomic mass is 16.5. The van der Waals surface area contributed by atoms with Crippen molar-refractivity contribution in [1.82, 2.24) is 0 Å². The number of phenols is 2. The van der Waals surface area contributed by atoms with Gasteiger partial charge in [0.1, 0.15) is 11.4 Å². The van der Waals surface area contributed by atoms with Crippen LogP contribution in [0.2, 0.25) is 0 Å². The second-order valence-electron chi connectivity index (χ2n) is 6.66. The van der Waals surface area contributed by atoms with Crippen molar-refractivity contribution < 1.29 is 14.9 Å². The summed E-state index contributed by atoms with van der Waals surface area (Å²) in [5.74, 6) is 0.901. The summed E-state index contributed by atoms with van der Waals surface area (Å²) in [6, 6.07) is 15.0. The van der Waals surface area contributed by atoms with Gasteiger partial charge in [-0.05, 0) is 72.2 Å². The Morgan fingerprint density at radius 2 is 1.67 bits per heavy atom. The van der Waals surface area contributed by atoms with Crippen molar-refractivity contribution in [1.29, 1.82) is 0 Å². The van der Waals surface area contributed by atoms with Crippen LogP contribution in [-0.4, -0.2) is 15.8 Å². The zero-order valence-corrected chi connectivity index (χ0v) is 13.6. The third-order valence-electron chi connectivity index (χ3n) is 4.33. The highest BCUT2D eigenvalue weighted by molar-refractivity contribution is 5.91. The van der Waals surface area contributed by atoms with Crippen LogP contribution >= 0.6 is 0 Å². The minimum atomic E-state index is -0.446. The van der Waals surface area contributed by atoms with Crippen LogP contribution in [-0.2, 0) is 0 Å². The molecule has 0 saturated heterocycles. The number of aromatic hydroxyl groups is 2. The number of hydrogen-bond donors (Lipinski definition) is 2. The predicted octanol–water partition coefficient (Wildman–Crippen LogP) is 5.10. The molecular weight excluding hydrogens is 300 g/mol. The van der Waals surface area contributed by atoms with E-state index in [1.807, 2.05) is 56.3 Å². The second-order valence-corrected chi connectivity index (χ2v) is 6.66. The van der Waals surface area contributed by atoms with E-state index >= 15 is 0 Å². The predicted molar refractivity (Wildman–Crippen MR) is 96.5 cm³/mol. The molecule has 0 fully saturated rings. The molecule has 24 heavy (non-hydrogen) atoms. The molecule has 0 amide bonds. The Kier molecular flexibility index (Phi) is 3.07. The topological polar surface area (TPSA) is 49.7 Å². The van der Waals surface area contributed by atoms with Crippen LogP contribution in [0.3, 0.4) is 0 Å². The van der Waals surface area contributed by atoms with Gasteiger partial charge in [-0.15, -0.1) is 0 Å². The Morgan fingerprint density at radius 1 is 0.875 bits per heavy atom. The van der Waals surface area contributed by atoms with E-state index in [0.717, 1.165) is 27.5 Å². The molecular formula is C21H18O3. The summed E-state index contributed by atoms with van der Waals surface area (Å²) in [6.45, 7) is 3.91. The van der Waals surface area contributed by atoms with Crippen molar-refractivity contribution in [3.05, 3.63) is 60.2 Å². The molecule has 3 nitrogen and oxygen atoms in total. The number of rotatable bonds is 1. The zero-order chi connectivity index (χ0) is 16.9. The summed E-state index contributed by atoms with van der Waals surface area (Å²) in [7, 11) is 0. The Morgan fingerprint density at radius 3 is 2.50 bits per heavy atom. The molecule has 0 atom stereocenters. The molecule has 3 heteroatoms. The Bertz CT molecular complexity index is 984. The van der Waals surface area contributed by atoms with Gasteiger partial charge in [0, 0.05) is 5.56 Å². The maximum Gasteiger partial charge on any atom is 0.170 e. The number of fused-ring (bicyclic) bond motifs is 2. The van der Waals surface area contributed by atoms with E-state index in [9.17, 15) is 10.2 Å². The number of hydrogen-bond acceptors (Lipinski definition) is 3. The largest absolute Gasteiger partial charge is 0.508 e. The first-order valence-corrected chi connectivity index (χ1v) is 7.90. The lowest BCUT2D eigenvalue weighted by atomic mass is 9.93. The Balaban J connectivity index is 1.92. The lowest BCUT2D eigenvalue weighted by Gasteiger charge is -2.29. The van der Waals surface area contributed by atoms with Crippen molar-refractivity contribution in [2.24, 2.45) is 0 Å². The SMILES string of the molecule is CC1(C)C=Cc2c(-c3ccc4ccc(O)cc4c3)ccc(O)c2O1. The van der Waals surface area contributed by atoms with Crippen molar-refractivity contribution in [2.75, 3.05) is 0 Å². The van der Waals surface area contributed by atoms with Gasteiger partial charge in [0.05, 0.1) is 0 Å². The molecule has 0 saturated carbocycles. The van der Waals surface area contributed by atoms with Gasteiger partial charge in [0.2, 0.25) is 0 Å². The van der Waals surface area contributed by atoms with Crippen LogP contribution < -0.4 is 4.74 Å². The quantitative estimate of drug-likeness (QED) is 0.656. The lowest BCUT2D eigenvalue weighted by Crippen LogP contribution is -2.27. The molecule has 2 N–H and O–H groups in total. The fourth-order valence-electron chi connectivity index (χ4n) is 3.10. The van der Waals surface area contributed by atoms with Crippen molar-refractivity contribution in [3.63, 3.8) is 0 Å². The average Bonchev–Trinajstić information content (AvgIpc) is 2.54. The van der Waals surface area contributed by atoms with E-state index in [-0.39, 0.29) is 11.5 Å². The van der Waals surface area contributed by atoms with Gasteiger partial charge < -0.3 is 14.9 Å². The number of ether oxygens (including phenoxy) is 1. The summed E-state index contributed by atoms with van der Waals surface area (Å²) >= 11 is 0. The first kappa shape index (κ1) is 14.6. The molecule has 1 aliphatic heterocycles. The average molecular weight is 318 g/mol. The van der Waals surface area contributed by atoms with Gasteiger partial charge in [0.25, 0.3) is 0 Å². The van der Waals surface area contributed by atoms with E-state index in [2.05, 4.69) is 0 Å². The fraction of sp³-hybridized carbons (Fsp3) is 0.143. The van der Waals surface area contributed by atoms with Gasteiger partial charge in [-0.25, -0.2) is 0 Å². The summed E-state index contributed by atoms with van der Waals surface area (Å²) in [5, 5.41) is 21.9. The van der Waals surface area contributed by atoms with Crippen molar-refractivity contribution in [3.8, 4) is 28.4 Å². The molecule has 3 aromatic carbocycles. The molecule has 4 rings (SSSR count). The fourth-order valence-corrected chi connectivity index (χ4v) is 3.10. The van der Waals surface area contributed by atoms with Crippen LogP contribution in [0.15, 0.2) is 54.6 Å². The van der Waals surface area contributed by atoms with Gasteiger partial charge in [-0.2, -0.15) is 0 Å². The molecule has 120 valence electrons. The van der Waals surface area contributed by atoms with Crippen LogP contribution in [0.4, 0.5) is 0 Å². The zero-order valence-electron chi connectivity index (χ0n) is 13.6. The second kappa shape index (κ2) is 5.03. The van der Waals surface area contributed by atoms with Gasteiger partial charge >= 0.3 is 0 Å². The summed E-state index contributed by atoms with van der Waals surface area (Å²) in [6.07, 6.45) is 3.99. The standard InChI is InChI=1S/C21H18O3/c1-21(2)10-9-18-17(7-8-19(23)20(18)24-21)14-4-3-13-5-6-16(22)12-15(13)11-14/h3-12,22-23H,1-2H3. The van der Waals surface area contributed by atoms with E-state index in [1.54, 1.807) is 18.2 Å². The Labute approximate surface area is 140 Å². The monoisotopic (exact) mass is 318 g/mol. The first-order chi connectivity index (χ1) is 11.4. The maximum absolute atomic E-state index is 10.2. The van der Waals surface area contributed by atoms with Crippen LogP contribution in [0.25, 0.3) is 28.0 Å². The number of phenolic OH excluding ortho intramolecular Hbond substituents is 2. The summed E-state index contributed by atoms with van der Waals surface area (Å²) in [4.78, 5) is 0. The van der Waals surface area contributed by atoms with Gasteiger partial charge in [-0.3, -0.25) is 0 Å². The summed E-state index contributed by atoms with van der Waals surface area (Å²) < 4.78 is 5.94. The highest BCUT2D eigenvalue weighted by Crippen LogP contribution is 2.43. The van der Waals surface area contributed by atoms with Gasteiger partial charge in [-0.1, -0.05) is 24.3 Å². The molecule has 0 unspecified atom stereocenters. The van der Waals surface area contributed by atoms with E-state index < -0.39 is 5.60 Å². The molecule has 1 aliphatic rings. The minimum absolute atomic E-state index is 0.143. The minimum Gasteiger partial charge on any atom is -0.508 e. The third kappa shape index (κ3) is 2.38. The maximum atomic E-state index is 10.2. The van der Waals surface area contributed by atoms with Crippen molar-refractivity contribution in [2.45, 2.75) is 19.4 Å². The molecule has 0 aliphatic carbocycles. The third-order valence-corrected chi connectivity index (χ3v) is 4.33. The molecule has 3 aromatic rings. The smallest absolute Gasteiger partial charge is 0.170 e. The van der Waals surface area contributed by atoms with Crippen LogP contribution in [0.5, 0.6) is 17.2 Å².